The molecule has 1 spiro atoms. The van der Waals surface area contributed by atoms with Gasteiger partial charge in [-0.2, -0.15) is 0 Å². The molecule has 2 aromatic rings. The Kier molecular flexibility index (Phi) is 5.12. The fourth-order valence-electron chi connectivity index (χ4n) is 4.92. The number of hydrogen-bond donors (Lipinski definition) is 1. The molecule has 1 heterocycles. The average molecular weight is 434 g/mol. The minimum Gasteiger partial charge on any atom is -0.497 e. The number of ether oxygens (including phenoxy) is 1. The summed E-state index contributed by atoms with van der Waals surface area (Å²) in [4.78, 5) is 42.5. The molecule has 3 aliphatic rings. The van der Waals surface area contributed by atoms with Crippen LogP contribution in [-0.2, 0) is 28.1 Å². The van der Waals surface area contributed by atoms with Gasteiger partial charge in [0.05, 0.1) is 7.11 Å². The minimum atomic E-state index is -1.05. The number of hydrogen-bond acceptors (Lipinski definition) is 4. The second-order valence-corrected chi connectivity index (χ2v) is 8.84. The zero-order valence-electron chi connectivity index (χ0n) is 18.2. The number of aryl methyl sites for hydroxylation is 1. The minimum absolute atomic E-state index is 0.162. The molecule has 1 atom stereocenters. The van der Waals surface area contributed by atoms with Crippen LogP contribution in [-0.4, -0.2) is 47.3 Å². The van der Waals surface area contributed by atoms with Crippen molar-refractivity contribution in [3.05, 3.63) is 65.2 Å². The van der Waals surface area contributed by atoms with Crippen LogP contribution in [0.15, 0.2) is 48.5 Å². The first-order valence-electron chi connectivity index (χ1n) is 11.2. The van der Waals surface area contributed by atoms with E-state index in [4.69, 9.17) is 4.74 Å². The number of fused-ring (bicyclic) bond motifs is 2. The van der Waals surface area contributed by atoms with Crippen molar-refractivity contribution in [1.29, 1.82) is 0 Å². The van der Waals surface area contributed by atoms with Gasteiger partial charge >= 0.3 is 6.03 Å². The van der Waals surface area contributed by atoms with Gasteiger partial charge in [-0.1, -0.05) is 36.4 Å². The van der Waals surface area contributed by atoms with Crippen LogP contribution in [0.4, 0.5) is 4.79 Å². The van der Waals surface area contributed by atoms with Crippen molar-refractivity contribution in [2.24, 2.45) is 0 Å². The highest BCUT2D eigenvalue weighted by Crippen LogP contribution is 2.40. The standard InChI is InChI=1S/C25H27N3O4/c1-32-20-12-8-17(9-13-20)15-27(19-10-11-19)22(29)16-28-23(30)25(26-24(28)31)14-4-6-18-5-2-3-7-21(18)25/h2-3,5,7-9,12-13,19H,4,6,10-11,14-16H2,1H3,(H,26,31)/t25-/m0/s1. The van der Waals surface area contributed by atoms with Crippen molar-refractivity contribution in [2.75, 3.05) is 13.7 Å². The number of imide groups is 1. The molecule has 4 amide bonds. The smallest absolute Gasteiger partial charge is 0.325 e. The highest BCUT2D eigenvalue weighted by Gasteiger charge is 2.54. The summed E-state index contributed by atoms with van der Waals surface area (Å²) in [5.41, 5.74) is 1.88. The van der Waals surface area contributed by atoms with Crippen LogP contribution in [0.25, 0.3) is 0 Å². The van der Waals surface area contributed by atoms with E-state index in [1.165, 1.54) is 0 Å². The van der Waals surface area contributed by atoms with Crippen LogP contribution >= 0.6 is 0 Å². The van der Waals surface area contributed by atoms with E-state index < -0.39 is 11.6 Å². The van der Waals surface area contributed by atoms with Gasteiger partial charge in [0.2, 0.25) is 5.91 Å². The maximum atomic E-state index is 13.5. The van der Waals surface area contributed by atoms with E-state index in [-0.39, 0.29) is 24.4 Å². The lowest BCUT2D eigenvalue weighted by Gasteiger charge is -2.33. The lowest BCUT2D eigenvalue weighted by molar-refractivity contribution is -0.140. The predicted octanol–water partition coefficient (Wildman–Crippen LogP) is 2.97. The summed E-state index contributed by atoms with van der Waals surface area (Å²) < 4.78 is 5.20. The monoisotopic (exact) mass is 433 g/mol. The van der Waals surface area contributed by atoms with Gasteiger partial charge in [0, 0.05) is 12.6 Å². The SMILES string of the molecule is COc1ccc(CN(C(=O)CN2C(=O)N[C@]3(CCCc4ccccc43)C2=O)C2CC2)cc1. The first-order valence-corrected chi connectivity index (χ1v) is 11.2. The number of carbonyl (C=O) groups excluding carboxylic acids is 3. The number of urea groups is 1. The molecule has 2 fully saturated rings. The third-order valence-electron chi connectivity index (χ3n) is 6.76. The van der Waals surface area contributed by atoms with E-state index in [1.807, 2.05) is 48.5 Å². The zero-order chi connectivity index (χ0) is 22.3. The van der Waals surface area contributed by atoms with Crippen molar-refractivity contribution in [1.82, 2.24) is 15.1 Å². The van der Waals surface area contributed by atoms with Crippen molar-refractivity contribution < 1.29 is 19.1 Å². The Morgan fingerprint density at radius 2 is 1.91 bits per heavy atom. The number of amides is 4. The van der Waals surface area contributed by atoms with Crippen LogP contribution in [0.3, 0.4) is 0 Å². The normalized spacial score (nSPS) is 22.0. The van der Waals surface area contributed by atoms with Crippen LogP contribution < -0.4 is 10.1 Å². The molecule has 1 aliphatic heterocycles. The van der Waals surface area contributed by atoms with E-state index >= 15 is 0 Å². The molecule has 166 valence electrons. The molecule has 32 heavy (non-hydrogen) atoms. The summed E-state index contributed by atoms with van der Waals surface area (Å²) in [5, 5.41) is 2.93. The van der Waals surface area contributed by atoms with E-state index in [0.717, 1.165) is 53.0 Å². The Bertz CT molecular complexity index is 1060. The molecule has 1 saturated carbocycles. The quantitative estimate of drug-likeness (QED) is 0.711. The van der Waals surface area contributed by atoms with Gasteiger partial charge in [0.1, 0.15) is 17.8 Å². The van der Waals surface area contributed by atoms with E-state index in [1.54, 1.807) is 12.0 Å². The van der Waals surface area contributed by atoms with Gasteiger partial charge < -0.3 is 15.0 Å². The number of carbonyl (C=O) groups is 3. The Balaban J connectivity index is 1.34. The maximum absolute atomic E-state index is 13.5. The van der Waals surface area contributed by atoms with Crippen molar-refractivity contribution in [3.8, 4) is 5.75 Å². The second kappa shape index (κ2) is 7.97. The molecule has 7 nitrogen and oxygen atoms in total. The van der Waals surface area contributed by atoms with Gasteiger partial charge in [0.25, 0.3) is 5.91 Å². The van der Waals surface area contributed by atoms with Gasteiger partial charge in [0.15, 0.2) is 0 Å². The summed E-state index contributed by atoms with van der Waals surface area (Å²) in [6, 6.07) is 15.0. The molecule has 2 aromatic carbocycles. The Morgan fingerprint density at radius 1 is 1.16 bits per heavy atom. The summed E-state index contributed by atoms with van der Waals surface area (Å²) in [6.07, 6.45) is 4.14. The molecule has 0 bridgehead atoms. The average Bonchev–Trinajstić information content (AvgIpc) is 3.63. The van der Waals surface area contributed by atoms with Gasteiger partial charge in [-0.25, -0.2) is 4.79 Å². The molecular weight excluding hydrogens is 406 g/mol. The van der Waals surface area contributed by atoms with Gasteiger partial charge in [-0.3, -0.25) is 14.5 Å². The van der Waals surface area contributed by atoms with Gasteiger partial charge in [-0.15, -0.1) is 0 Å². The fourth-order valence-corrected chi connectivity index (χ4v) is 4.92. The van der Waals surface area contributed by atoms with Crippen molar-refractivity contribution in [3.63, 3.8) is 0 Å². The van der Waals surface area contributed by atoms with Crippen LogP contribution in [0.2, 0.25) is 0 Å². The highest BCUT2D eigenvalue weighted by atomic mass is 16.5. The first kappa shape index (κ1) is 20.5. The fraction of sp³-hybridized carbons (Fsp3) is 0.400. The van der Waals surface area contributed by atoms with E-state index in [9.17, 15) is 14.4 Å². The largest absolute Gasteiger partial charge is 0.497 e. The number of methoxy groups -OCH3 is 1. The van der Waals surface area contributed by atoms with Crippen LogP contribution in [0, 0.1) is 0 Å². The predicted molar refractivity (Wildman–Crippen MR) is 118 cm³/mol. The molecule has 7 heteroatoms. The zero-order valence-corrected chi connectivity index (χ0v) is 18.2. The molecule has 1 saturated heterocycles. The molecule has 0 radical (unpaired) electrons. The number of nitrogens with one attached hydrogen (secondary N) is 1. The van der Waals surface area contributed by atoms with E-state index in [2.05, 4.69) is 5.32 Å². The molecule has 5 rings (SSSR count). The lowest BCUT2D eigenvalue weighted by atomic mass is 9.76. The third-order valence-corrected chi connectivity index (χ3v) is 6.76. The molecule has 0 unspecified atom stereocenters. The van der Waals surface area contributed by atoms with Gasteiger partial charge in [-0.05, 0) is 60.9 Å². The third kappa shape index (κ3) is 3.51. The number of benzene rings is 2. The Labute approximate surface area is 187 Å². The molecule has 1 N–H and O–H groups in total. The number of nitrogens with zero attached hydrogens (tertiary/aromatic N) is 2. The summed E-state index contributed by atoms with van der Waals surface area (Å²) in [7, 11) is 1.62. The first-order chi connectivity index (χ1) is 15.5. The Morgan fingerprint density at radius 3 is 2.62 bits per heavy atom. The lowest BCUT2D eigenvalue weighted by Crippen LogP contribution is -2.47. The van der Waals surface area contributed by atoms with Crippen molar-refractivity contribution in [2.45, 2.75) is 50.2 Å². The molecule has 2 aliphatic carbocycles. The summed E-state index contributed by atoms with van der Waals surface area (Å²) >= 11 is 0. The molecule has 0 aromatic heterocycles. The highest BCUT2D eigenvalue weighted by molar-refractivity contribution is 6.09. The topological polar surface area (TPSA) is 79.0 Å². The summed E-state index contributed by atoms with van der Waals surface area (Å²) in [6.45, 7) is 0.215. The van der Waals surface area contributed by atoms with E-state index in [0.29, 0.717) is 13.0 Å². The molecular formula is C25H27N3O4. The second-order valence-electron chi connectivity index (χ2n) is 8.84. The summed E-state index contributed by atoms with van der Waals surface area (Å²) in [5.74, 6) is 0.242. The number of rotatable bonds is 6. The van der Waals surface area contributed by atoms with Crippen LogP contribution in [0.5, 0.6) is 5.75 Å². The Hall–Kier alpha value is -3.35. The van der Waals surface area contributed by atoms with Crippen molar-refractivity contribution >= 4 is 17.8 Å². The maximum Gasteiger partial charge on any atom is 0.325 e. The van der Waals surface area contributed by atoms with Crippen LogP contribution in [0.1, 0.15) is 42.4 Å².